The molecule has 0 heterocycles. The van der Waals surface area contributed by atoms with Crippen LogP contribution in [-0.2, 0) is 4.57 Å². The molecule has 0 amide bonds. The van der Waals surface area contributed by atoms with Gasteiger partial charge in [-0.15, -0.1) is 0 Å². The lowest BCUT2D eigenvalue weighted by atomic mass is 11.9. The van der Waals surface area contributed by atoms with E-state index in [-0.39, 0.29) is 0 Å². The molecule has 0 aromatic heterocycles. The summed E-state index contributed by atoms with van der Waals surface area (Å²) in [6.45, 7) is 6.17. The van der Waals surface area contributed by atoms with Gasteiger partial charge in [0, 0.05) is 21.5 Å². The van der Waals surface area contributed by atoms with Crippen LogP contribution in [0.1, 0.15) is 0 Å². The molecule has 0 saturated carbocycles. The zero-order chi connectivity index (χ0) is 8.08. The monoisotopic (exact) mass is 172 g/mol. The molecule has 9 heavy (non-hydrogen) atoms. The van der Waals surface area contributed by atoms with Crippen LogP contribution in [0.5, 0.6) is 0 Å². The highest BCUT2D eigenvalue weighted by Gasteiger charge is 1.92. The van der Waals surface area contributed by atoms with E-state index in [4.69, 9.17) is 9.79 Å². The summed E-state index contributed by atoms with van der Waals surface area (Å²) in [6, 6.07) is 0. The molecule has 5 heteroatoms. The van der Waals surface area contributed by atoms with E-state index >= 15 is 0 Å². The van der Waals surface area contributed by atoms with Crippen molar-refractivity contribution in [3.63, 3.8) is 0 Å². The molecule has 0 bridgehead atoms. The van der Waals surface area contributed by atoms with Crippen molar-refractivity contribution in [2.45, 2.75) is 0 Å². The van der Waals surface area contributed by atoms with Gasteiger partial charge in [-0.3, -0.25) is 4.57 Å². The first-order valence-corrected chi connectivity index (χ1v) is 7.11. The summed E-state index contributed by atoms with van der Waals surface area (Å²) >= 11 is 0. The Kier molecular flexibility index (Phi) is 7.33. The van der Waals surface area contributed by atoms with Crippen molar-refractivity contribution in [1.29, 1.82) is 0 Å². The van der Waals surface area contributed by atoms with Crippen molar-refractivity contribution in [1.82, 2.24) is 0 Å². The minimum atomic E-state index is -2.64. The second-order valence-corrected chi connectivity index (χ2v) is 6.42. The molecular weight excluding hydrogens is 158 g/mol. The molecule has 0 rings (SSSR count). The second kappa shape index (κ2) is 5.37. The van der Waals surface area contributed by atoms with Gasteiger partial charge in [0.2, 0.25) is 0 Å². The maximum absolute atomic E-state index is 9.77. The summed E-state index contributed by atoms with van der Waals surface area (Å²) in [4.78, 5) is 16.2. The van der Waals surface area contributed by atoms with Gasteiger partial charge < -0.3 is 9.79 Å². The van der Waals surface area contributed by atoms with Gasteiger partial charge in [0.15, 0.2) is 7.37 Å². The fourth-order valence-corrected chi connectivity index (χ4v) is 0. The van der Waals surface area contributed by atoms with E-state index in [0.717, 1.165) is 0 Å². The lowest BCUT2D eigenvalue weighted by Gasteiger charge is -1.86. The molecule has 2 N–H and O–H groups in total. The Balaban J connectivity index is 0. The highest BCUT2D eigenvalue weighted by molar-refractivity contribution is 7.56. The van der Waals surface area contributed by atoms with Crippen LogP contribution in [0.3, 0.4) is 0 Å². The average molecular weight is 172 g/mol. The molecule has 0 aliphatic carbocycles. The first kappa shape index (κ1) is 12.3. The fraction of sp³-hybridized carbons (Fsp3) is 1.00. The van der Waals surface area contributed by atoms with E-state index in [1.54, 1.807) is 13.3 Å². The molecule has 0 atom stereocenters. The smallest absolute Gasteiger partial charge is 0.194 e. The van der Waals surface area contributed by atoms with Gasteiger partial charge >= 0.3 is 0 Å². The number of hydrogen-bond donors (Lipinski definition) is 2. The third kappa shape index (κ3) is 1100. The third-order valence-electron chi connectivity index (χ3n) is 0. The molecule has 58 valence electrons. The van der Waals surface area contributed by atoms with E-state index in [1.165, 1.54) is 13.3 Å². The zero-order valence-corrected chi connectivity index (χ0v) is 7.99. The van der Waals surface area contributed by atoms with Crippen LogP contribution in [0.25, 0.3) is 0 Å². The highest BCUT2D eigenvalue weighted by atomic mass is 31.2. The molecule has 0 aliphatic heterocycles. The Labute approximate surface area is 57.4 Å². The Morgan fingerprint density at radius 1 is 1.33 bits per heavy atom. The van der Waals surface area contributed by atoms with Gasteiger partial charge in [-0.2, -0.15) is 0 Å². The predicted octanol–water partition coefficient (Wildman–Crippen LogP) is 1.15. The average Bonchev–Trinajstić information content (AvgIpc) is 1.19. The first-order chi connectivity index (χ1) is 3.73. The Bertz CT molecular complexity index is 85.0. The SMILES string of the molecule is CP(C)(=O)O.CP(C)O. The molecule has 3 nitrogen and oxygen atoms in total. The van der Waals surface area contributed by atoms with Crippen molar-refractivity contribution >= 4 is 15.5 Å². The summed E-state index contributed by atoms with van der Waals surface area (Å²) in [5.74, 6) is 0. The van der Waals surface area contributed by atoms with E-state index in [2.05, 4.69) is 0 Å². The largest absolute Gasteiger partial charge is 0.374 e. The standard InChI is InChI=1S/C2H7O2P.C2H7OP/c1-5(2,3)4;1-4(2)3/h1-2H3,(H,3,4);3H,1-2H3. The van der Waals surface area contributed by atoms with Crippen molar-refractivity contribution in [2.75, 3.05) is 26.7 Å². The molecule has 0 aromatic rings. The van der Waals surface area contributed by atoms with Crippen molar-refractivity contribution in [3.05, 3.63) is 0 Å². The molecular formula is C4H14O3P2. The Morgan fingerprint density at radius 2 is 1.33 bits per heavy atom. The van der Waals surface area contributed by atoms with Gasteiger partial charge in [-0.05, 0) is 13.3 Å². The Hall–Kier alpha value is 0.580. The molecule has 0 unspecified atom stereocenters. The maximum Gasteiger partial charge on any atom is 0.194 e. The molecule has 0 saturated heterocycles. The second-order valence-electron chi connectivity index (χ2n) is 2.14. The van der Waals surface area contributed by atoms with Gasteiger partial charge in [-0.25, -0.2) is 0 Å². The lowest BCUT2D eigenvalue weighted by Crippen LogP contribution is -1.62. The van der Waals surface area contributed by atoms with Crippen molar-refractivity contribution in [2.24, 2.45) is 0 Å². The maximum atomic E-state index is 9.77. The normalized spacial score (nSPS) is 10.6. The molecule has 0 fully saturated rings. The summed E-state index contributed by atoms with van der Waals surface area (Å²) in [7, 11) is -3.26. The highest BCUT2D eigenvalue weighted by Crippen LogP contribution is 2.27. The molecule has 0 aromatic carbocycles. The summed E-state index contributed by atoms with van der Waals surface area (Å²) < 4.78 is 9.77. The van der Waals surface area contributed by atoms with E-state index in [9.17, 15) is 4.57 Å². The van der Waals surface area contributed by atoms with Gasteiger partial charge in [0.1, 0.15) is 0 Å². The molecule has 0 radical (unpaired) electrons. The van der Waals surface area contributed by atoms with Gasteiger partial charge in [-0.1, -0.05) is 0 Å². The first-order valence-electron chi connectivity index (χ1n) is 2.37. The molecule has 0 aliphatic rings. The minimum absolute atomic E-state index is 0.620. The van der Waals surface area contributed by atoms with Crippen LogP contribution in [0.15, 0.2) is 0 Å². The summed E-state index contributed by atoms with van der Waals surface area (Å²) in [5, 5.41) is 0. The summed E-state index contributed by atoms with van der Waals surface area (Å²) in [6.07, 6.45) is 0. The third-order valence-corrected chi connectivity index (χ3v) is 0. The quantitative estimate of drug-likeness (QED) is 0.539. The van der Waals surface area contributed by atoms with Gasteiger partial charge in [0.25, 0.3) is 0 Å². The van der Waals surface area contributed by atoms with Gasteiger partial charge in [0.05, 0.1) is 0 Å². The van der Waals surface area contributed by atoms with E-state index in [0.29, 0.717) is 0 Å². The van der Waals surface area contributed by atoms with Crippen LogP contribution >= 0.6 is 15.5 Å². The van der Waals surface area contributed by atoms with Crippen molar-refractivity contribution < 1.29 is 14.4 Å². The van der Waals surface area contributed by atoms with Crippen LogP contribution in [0.2, 0.25) is 0 Å². The number of hydrogen-bond acceptors (Lipinski definition) is 2. The topological polar surface area (TPSA) is 57.5 Å². The Morgan fingerprint density at radius 3 is 1.33 bits per heavy atom. The lowest BCUT2D eigenvalue weighted by molar-refractivity contribution is 0.492. The summed E-state index contributed by atoms with van der Waals surface area (Å²) in [5.41, 5.74) is 0. The van der Waals surface area contributed by atoms with Crippen LogP contribution in [-0.4, -0.2) is 36.4 Å². The van der Waals surface area contributed by atoms with Crippen LogP contribution in [0, 0.1) is 0 Å². The van der Waals surface area contributed by atoms with Crippen LogP contribution in [0.4, 0.5) is 0 Å². The fourth-order valence-electron chi connectivity index (χ4n) is 0. The van der Waals surface area contributed by atoms with Crippen molar-refractivity contribution in [3.8, 4) is 0 Å². The van der Waals surface area contributed by atoms with Crippen LogP contribution < -0.4 is 0 Å². The molecule has 0 spiro atoms. The zero-order valence-electron chi connectivity index (χ0n) is 6.20. The van der Waals surface area contributed by atoms with E-state index < -0.39 is 15.5 Å². The van der Waals surface area contributed by atoms with E-state index in [1.807, 2.05) is 0 Å². The number of rotatable bonds is 0. The minimum Gasteiger partial charge on any atom is -0.374 e. The predicted molar refractivity (Wildman–Crippen MR) is 42.7 cm³/mol.